The molecule has 1 atom stereocenters. The van der Waals surface area contributed by atoms with E-state index >= 15 is 0 Å². The van der Waals surface area contributed by atoms with E-state index in [1.165, 1.54) is 6.92 Å². The van der Waals surface area contributed by atoms with Crippen molar-refractivity contribution in [3.8, 4) is 0 Å². The van der Waals surface area contributed by atoms with Crippen LogP contribution in [0.2, 0.25) is 0 Å². The zero-order valence-corrected chi connectivity index (χ0v) is 7.28. The summed E-state index contributed by atoms with van der Waals surface area (Å²) < 4.78 is 35.3. The Morgan fingerprint density at radius 3 is 2.42 bits per heavy atom. The SMILES string of the molecule is C/C=C/CNC(C)CC(F)(F)F. The van der Waals surface area contributed by atoms with Gasteiger partial charge in [0.25, 0.3) is 0 Å². The summed E-state index contributed by atoms with van der Waals surface area (Å²) >= 11 is 0. The van der Waals surface area contributed by atoms with Gasteiger partial charge >= 0.3 is 6.18 Å². The highest BCUT2D eigenvalue weighted by molar-refractivity contribution is 4.81. The summed E-state index contributed by atoms with van der Waals surface area (Å²) in [6.45, 7) is 3.85. The first-order valence-corrected chi connectivity index (χ1v) is 3.87. The average Bonchev–Trinajstić information content (AvgIpc) is 1.84. The zero-order chi connectivity index (χ0) is 9.61. The van der Waals surface area contributed by atoms with Gasteiger partial charge in [-0.3, -0.25) is 0 Å². The van der Waals surface area contributed by atoms with Gasteiger partial charge < -0.3 is 5.32 Å². The van der Waals surface area contributed by atoms with E-state index in [9.17, 15) is 13.2 Å². The molecule has 72 valence electrons. The van der Waals surface area contributed by atoms with Crippen LogP contribution in [0.3, 0.4) is 0 Å². The standard InChI is InChI=1S/C8H14F3N/c1-3-4-5-12-7(2)6-8(9,10)11/h3-4,7,12H,5-6H2,1-2H3/b4-3+. The molecule has 0 aromatic rings. The Bertz CT molecular complexity index is 140. The van der Waals surface area contributed by atoms with E-state index in [-0.39, 0.29) is 0 Å². The molecular weight excluding hydrogens is 167 g/mol. The number of nitrogens with one attached hydrogen (secondary N) is 1. The third-order valence-electron chi connectivity index (χ3n) is 1.36. The lowest BCUT2D eigenvalue weighted by molar-refractivity contribution is -0.138. The summed E-state index contributed by atoms with van der Waals surface area (Å²) in [5.74, 6) is 0. The summed E-state index contributed by atoms with van der Waals surface area (Å²) in [4.78, 5) is 0. The van der Waals surface area contributed by atoms with Crippen LogP contribution in [0.15, 0.2) is 12.2 Å². The van der Waals surface area contributed by atoms with Crippen LogP contribution in [0.25, 0.3) is 0 Å². The molecule has 4 heteroatoms. The monoisotopic (exact) mass is 181 g/mol. The molecule has 12 heavy (non-hydrogen) atoms. The van der Waals surface area contributed by atoms with Gasteiger partial charge in [-0.15, -0.1) is 0 Å². The minimum absolute atomic E-state index is 0.494. The van der Waals surface area contributed by atoms with Gasteiger partial charge in [0.05, 0.1) is 6.42 Å². The number of alkyl halides is 3. The predicted molar refractivity (Wildman–Crippen MR) is 43.0 cm³/mol. The minimum Gasteiger partial charge on any atom is -0.310 e. The molecule has 0 bridgehead atoms. The van der Waals surface area contributed by atoms with E-state index in [0.717, 1.165) is 0 Å². The average molecular weight is 181 g/mol. The lowest BCUT2D eigenvalue weighted by Crippen LogP contribution is -2.31. The second kappa shape index (κ2) is 5.19. The maximum absolute atomic E-state index is 11.8. The number of hydrogen-bond donors (Lipinski definition) is 1. The quantitative estimate of drug-likeness (QED) is 0.657. The maximum atomic E-state index is 11.8. The molecule has 0 aromatic heterocycles. The van der Waals surface area contributed by atoms with Gasteiger partial charge in [0.15, 0.2) is 0 Å². The second-order valence-electron chi connectivity index (χ2n) is 2.70. The van der Waals surface area contributed by atoms with E-state index in [4.69, 9.17) is 0 Å². The van der Waals surface area contributed by atoms with Crippen LogP contribution in [0, 0.1) is 0 Å². The van der Waals surface area contributed by atoms with Crippen LogP contribution >= 0.6 is 0 Å². The number of rotatable bonds is 4. The van der Waals surface area contributed by atoms with Crippen molar-refractivity contribution in [3.63, 3.8) is 0 Å². The molecule has 0 aliphatic rings. The molecule has 0 aliphatic carbocycles. The van der Waals surface area contributed by atoms with E-state index in [1.807, 2.05) is 6.92 Å². The first-order valence-electron chi connectivity index (χ1n) is 3.87. The van der Waals surface area contributed by atoms with Crippen LogP contribution in [-0.4, -0.2) is 18.8 Å². The Morgan fingerprint density at radius 2 is 2.00 bits per heavy atom. The minimum atomic E-state index is -4.07. The first-order chi connectivity index (χ1) is 5.45. The fraction of sp³-hybridized carbons (Fsp3) is 0.750. The van der Waals surface area contributed by atoms with Crippen LogP contribution in [-0.2, 0) is 0 Å². The van der Waals surface area contributed by atoms with Crippen molar-refractivity contribution in [3.05, 3.63) is 12.2 Å². The van der Waals surface area contributed by atoms with Crippen LogP contribution in [0.1, 0.15) is 20.3 Å². The summed E-state index contributed by atoms with van der Waals surface area (Å²) in [6, 6.07) is -0.513. The maximum Gasteiger partial charge on any atom is 0.390 e. The normalized spacial score (nSPS) is 15.4. The molecule has 0 aliphatic heterocycles. The predicted octanol–water partition coefficient (Wildman–Crippen LogP) is 2.49. The fourth-order valence-corrected chi connectivity index (χ4v) is 0.806. The molecule has 0 aromatic carbocycles. The van der Waals surface area contributed by atoms with Gasteiger partial charge in [-0.25, -0.2) is 0 Å². The Kier molecular flexibility index (Phi) is 4.97. The molecule has 0 saturated heterocycles. The van der Waals surface area contributed by atoms with Gasteiger partial charge in [-0.1, -0.05) is 12.2 Å². The molecule has 1 nitrogen and oxygen atoms in total. The highest BCUT2D eigenvalue weighted by atomic mass is 19.4. The Hall–Kier alpha value is -0.510. The number of halogens is 3. The smallest absolute Gasteiger partial charge is 0.310 e. The molecule has 0 amide bonds. The lowest BCUT2D eigenvalue weighted by atomic mass is 10.2. The van der Waals surface area contributed by atoms with Crippen LogP contribution in [0.4, 0.5) is 13.2 Å². The molecule has 1 N–H and O–H groups in total. The van der Waals surface area contributed by atoms with E-state index in [1.54, 1.807) is 12.2 Å². The molecule has 0 radical (unpaired) electrons. The van der Waals surface area contributed by atoms with Gasteiger partial charge in [0, 0.05) is 12.6 Å². The molecule has 0 rings (SSSR count). The van der Waals surface area contributed by atoms with Crippen molar-refractivity contribution in [2.24, 2.45) is 0 Å². The Balaban J connectivity index is 3.53. The largest absolute Gasteiger partial charge is 0.390 e. The van der Waals surface area contributed by atoms with E-state index in [0.29, 0.717) is 6.54 Å². The Morgan fingerprint density at radius 1 is 1.42 bits per heavy atom. The molecule has 0 fully saturated rings. The summed E-state index contributed by atoms with van der Waals surface area (Å²) in [7, 11) is 0. The Labute approximate surface area is 70.7 Å². The highest BCUT2D eigenvalue weighted by Crippen LogP contribution is 2.20. The number of hydrogen-bond acceptors (Lipinski definition) is 1. The molecular formula is C8H14F3N. The van der Waals surface area contributed by atoms with Gasteiger partial charge in [-0.2, -0.15) is 13.2 Å². The van der Waals surface area contributed by atoms with E-state index < -0.39 is 18.6 Å². The summed E-state index contributed by atoms with van der Waals surface area (Å²) in [5, 5.41) is 2.73. The number of allylic oxidation sites excluding steroid dienone is 1. The second-order valence-corrected chi connectivity index (χ2v) is 2.70. The van der Waals surface area contributed by atoms with Gasteiger partial charge in [0.1, 0.15) is 0 Å². The van der Waals surface area contributed by atoms with Crippen LogP contribution in [0.5, 0.6) is 0 Å². The van der Waals surface area contributed by atoms with Crippen molar-refractivity contribution in [1.82, 2.24) is 5.32 Å². The lowest BCUT2D eigenvalue weighted by Gasteiger charge is -2.14. The summed E-state index contributed by atoms with van der Waals surface area (Å²) in [6.07, 6.45) is -1.26. The fourth-order valence-electron chi connectivity index (χ4n) is 0.806. The third kappa shape index (κ3) is 7.60. The van der Waals surface area contributed by atoms with Crippen molar-refractivity contribution in [1.29, 1.82) is 0 Å². The zero-order valence-electron chi connectivity index (χ0n) is 7.28. The van der Waals surface area contributed by atoms with Crippen molar-refractivity contribution in [2.75, 3.05) is 6.54 Å². The van der Waals surface area contributed by atoms with Crippen molar-refractivity contribution >= 4 is 0 Å². The first kappa shape index (κ1) is 11.5. The summed E-state index contributed by atoms with van der Waals surface area (Å²) in [5.41, 5.74) is 0. The van der Waals surface area contributed by atoms with E-state index in [2.05, 4.69) is 5.32 Å². The molecule has 0 spiro atoms. The molecule has 0 saturated carbocycles. The van der Waals surface area contributed by atoms with Crippen LogP contribution < -0.4 is 5.32 Å². The van der Waals surface area contributed by atoms with Gasteiger partial charge in [0.2, 0.25) is 0 Å². The molecule has 0 heterocycles. The van der Waals surface area contributed by atoms with Gasteiger partial charge in [-0.05, 0) is 13.8 Å². The third-order valence-corrected chi connectivity index (χ3v) is 1.36. The molecule has 1 unspecified atom stereocenters. The van der Waals surface area contributed by atoms with Crippen molar-refractivity contribution < 1.29 is 13.2 Å². The topological polar surface area (TPSA) is 12.0 Å². The van der Waals surface area contributed by atoms with Crippen molar-refractivity contribution in [2.45, 2.75) is 32.5 Å². The highest BCUT2D eigenvalue weighted by Gasteiger charge is 2.29.